The van der Waals surface area contributed by atoms with Crippen LogP contribution in [-0.4, -0.2) is 53.6 Å². The van der Waals surface area contributed by atoms with Gasteiger partial charge in [-0.15, -0.1) is 0 Å². The highest BCUT2D eigenvalue weighted by atomic mass is 16.6. The highest BCUT2D eigenvalue weighted by molar-refractivity contribution is 5.69. The van der Waals surface area contributed by atoms with Crippen LogP contribution < -0.4 is 0 Å². The van der Waals surface area contributed by atoms with Crippen LogP contribution in [0.3, 0.4) is 0 Å². The topological polar surface area (TPSA) is 59.0 Å². The summed E-state index contributed by atoms with van der Waals surface area (Å²) in [4.78, 5) is 13.1. The number of aliphatic hydroxyl groups is 1. The molecular formula is C12H23NO4. The Morgan fingerprint density at radius 1 is 1.41 bits per heavy atom. The van der Waals surface area contributed by atoms with E-state index in [4.69, 9.17) is 9.47 Å². The lowest BCUT2D eigenvalue weighted by atomic mass is 9.96. The molecule has 1 saturated heterocycles. The van der Waals surface area contributed by atoms with Crippen LogP contribution in [0, 0.1) is 0 Å². The lowest BCUT2D eigenvalue weighted by Gasteiger charge is -2.45. The molecule has 1 rings (SSSR count). The zero-order valence-electron chi connectivity index (χ0n) is 11.2. The van der Waals surface area contributed by atoms with Crippen molar-refractivity contribution in [1.82, 2.24) is 4.90 Å². The molecule has 0 bridgehead atoms. The minimum absolute atomic E-state index is 0.278. The molecule has 17 heavy (non-hydrogen) atoms. The number of likely N-dealkylation sites (tertiary alicyclic amines) is 1. The van der Waals surface area contributed by atoms with Gasteiger partial charge in [-0.1, -0.05) is 6.92 Å². The fourth-order valence-electron chi connectivity index (χ4n) is 1.62. The molecule has 1 fully saturated rings. The van der Waals surface area contributed by atoms with E-state index in [9.17, 15) is 9.90 Å². The third-order valence-corrected chi connectivity index (χ3v) is 2.34. The number of hydrogen-bond donors (Lipinski definition) is 1. The molecule has 1 amide bonds. The average Bonchev–Trinajstić information content (AvgIpc) is 2.11. The summed E-state index contributed by atoms with van der Waals surface area (Å²) in [5.41, 5.74) is -1.39. The maximum atomic E-state index is 11.6. The molecule has 0 aromatic carbocycles. The number of ether oxygens (including phenoxy) is 2. The Hall–Kier alpha value is -0.810. The molecule has 0 radical (unpaired) electrons. The molecule has 5 nitrogen and oxygen atoms in total. The maximum absolute atomic E-state index is 11.6. The Morgan fingerprint density at radius 3 is 2.47 bits per heavy atom. The number of β-amino-alcohol motifs (C(OH)–C–C–N with tert-alkyl or cyclic N) is 1. The molecule has 0 unspecified atom stereocenters. The fourth-order valence-corrected chi connectivity index (χ4v) is 1.62. The summed E-state index contributed by atoms with van der Waals surface area (Å²) in [7, 11) is 0. The summed E-state index contributed by atoms with van der Waals surface area (Å²) in [5, 5.41) is 9.98. The van der Waals surface area contributed by atoms with Gasteiger partial charge in [0.2, 0.25) is 0 Å². The van der Waals surface area contributed by atoms with Crippen LogP contribution in [0.1, 0.15) is 34.1 Å². The van der Waals surface area contributed by atoms with Crippen LogP contribution in [0.5, 0.6) is 0 Å². The predicted octanol–water partition coefficient (Wildman–Crippen LogP) is 1.39. The van der Waals surface area contributed by atoms with Crippen molar-refractivity contribution in [2.45, 2.75) is 45.3 Å². The Morgan fingerprint density at radius 2 is 2.00 bits per heavy atom. The van der Waals surface area contributed by atoms with Gasteiger partial charge in [-0.2, -0.15) is 0 Å². The first kappa shape index (κ1) is 14.3. The van der Waals surface area contributed by atoms with E-state index in [-0.39, 0.29) is 25.8 Å². The van der Waals surface area contributed by atoms with Crippen molar-refractivity contribution in [2.75, 3.05) is 26.3 Å². The van der Waals surface area contributed by atoms with Gasteiger partial charge in [0.25, 0.3) is 0 Å². The summed E-state index contributed by atoms with van der Waals surface area (Å²) in [5.74, 6) is 0. The molecule has 1 aliphatic rings. The van der Waals surface area contributed by atoms with E-state index >= 15 is 0 Å². The zero-order chi connectivity index (χ0) is 13.1. The Bertz CT molecular complexity index is 266. The van der Waals surface area contributed by atoms with Gasteiger partial charge in [-0.25, -0.2) is 4.79 Å². The second-order valence-corrected chi connectivity index (χ2v) is 5.61. The van der Waals surface area contributed by atoms with Crippen molar-refractivity contribution < 1.29 is 19.4 Å². The first-order chi connectivity index (χ1) is 7.76. The van der Waals surface area contributed by atoms with Crippen molar-refractivity contribution in [3.8, 4) is 0 Å². The van der Waals surface area contributed by atoms with Crippen molar-refractivity contribution in [3.05, 3.63) is 0 Å². The van der Waals surface area contributed by atoms with Crippen LogP contribution >= 0.6 is 0 Å². The van der Waals surface area contributed by atoms with Gasteiger partial charge < -0.3 is 19.5 Å². The van der Waals surface area contributed by atoms with Crippen molar-refractivity contribution in [3.63, 3.8) is 0 Å². The summed E-state index contributed by atoms with van der Waals surface area (Å²) in [6.07, 6.45) is 0.545. The van der Waals surface area contributed by atoms with E-state index in [1.54, 1.807) is 0 Å². The van der Waals surface area contributed by atoms with Crippen LogP contribution in [0.15, 0.2) is 0 Å². The number of amides is 1. The second-order valence-electron chi connectivity index (χ2n) is 5.61. The van der Waals surface area contributed by atoms with Gasteiger partial charge in [0.15, 0.2) is 0 Å². The molecule has 1 heterocycles. The Labute approximate surface area is 103 Å². The molecule has 0 aliphatic carbocycles. The van der Waals surface area contributed by atoms with E-state index in [1.807, 2.05) is 27.7 Å². The normalized spacial score (nSPS) is 18.8. The molecule has 0 saturated carbocycles. The standard InChI is InChI=1S/C12H23NO4/c1-5-6-16-9-12(15)7-13(8-12)10(14)17-11(2,3)4/h15H,5-9H2,1-4H3. The van der Waals surface area contributed by atoms with Crippen LogP contribution in [0.25, 0.3) is 0 Å². The van der Waals surface area contributed by atoms with Gasteiger partial charge in [-0.3, -0.25) is 0 Å². The van der Waals surface area contributed by atoms with Crippen LogP contribution in [0.2, 0.25) is 0 Å². The third kappa shape index (κ3) is 4.52. The van der Waals surface area contributed by atoms with Crippen molar-refractivity contribution in [1.29, 1.82) is 0 Å². The lowest BCUT2D eigenvalue weighted by Crippen LogP contribution is -2.66. The quantitative estimate of drug-likeness (QED) is 0.760. The Balaban J connectivity index is 2.28. The monoisotopic (exact) mass is 245 g/mol. The van der Waals surface area contributed by atoms with E-state index in [1.165, 1.54) is 4.90 Å². The smallest absolute Gasteiger partial charge is 0.410 e. The molecular weight excluding hydrogens is 222 g/mol. The minimum atomic E-state index is -0.897. The van der Waals surface area contributed by atoms with Crippen molar-refractivity contribution in [2.24, 2.45) is 0 Å². The third-order valence-electron chi connectivity index (χ3n) is 2.34. The van der Waals surface area contributed by atoms with Crippen molar-refractivity contribution >= 4 is 6.09 Å². The van der Waals surface area contributed by atoms with Gasteiger partial charge in [-0.05, 0) is 27.2 Å². The van der Waals surface area contributed by atoms with Gasteiger partial charge >= 0.3 is 6.09 Å². The number of rotatable bonds is 4. The van der Waals surface area contributed by atoms with Gasteiger partial charge in [0.05, 0.1) is 19.7 Å². The van der Waals surface area contributed by atoms with E-state index in [0.29, 0.717) is 6.61 Å². The molecule has 1 aliphatic heterocycles. The minimum Gasteiger partial charge on any atom is -0.444 e. The summed E-state index contributed by atoms with van der Waals surface area (Å²) < 4.78 is 10.5. The maximum Gasteiger partial charge on any atom is 0.410 e. The summed E-state index contributed by atoms with van der Waals surface area (Å²) in [6, 6.07) is 0. The van der Waals surface area contributed by atoms with E-state index < -0.39 is 11.2 Å². The lowest BCUT2D eigenvalue weighted by molar-refractivity contribution is -0.135. The first-order valence-corrected chi connectivity index (χ1v) is 6.04. The zero-order valence-corrected chi connectivity index (χ0v) is 11.2. The van der Waals surface area contributed by atoms with Gasteiger partial charge in [0.1, 0.15) is 11.2 Å². The number of hydrogen-bond acceptors (Lipinski definition) is 4. The number of nitrogens with zero attached hydrogens (tertiary/aromatic N) is 1. The second kappa shape index (κ2) is 5.23. The van der Waals surface area contributed by atoms with Crippen LogP contribution in [0.4, 0.5) is 4.79 Å². The molecule has 100 valence electrons. The summed E-state index contributed by atoms with van der Waals surface area (Å²) in [6.45, 7) is 8.95. The molecule has 0 atom stereocenters. The molecule has 0 aromatic heterocycles. The highest BCUT2D eigenvalue weighted by Crippen LogP contribution is 2.23. The van der Waals surface area contributed by atoms with Gasteiger partial charge in [0, 0.05) is 6.61 Å². The summed E-state index contributed by atoms with van der Waals surface area (Å²) >= 11 is 0. The van der Waals surface area contributed by atoms with E-state index in [0.717, 1.165) is 6.42 Å². The fraction of sp³-hybridized carbons (Fsp3) is 0.917. The number of carbonyl (C=O) groups is 1. The van der Waals surface area contributed by atoms with Crippen LogP contribution in [-0.2, 0) is 9.47 Å². The number of carbonyl (C=O) groups excluding carboxylic acids is 1. The predicted molar refractivity (Wildman–Crippen MR) is 63.9 cm³/mol. The van der Waals surface area contributed by atoms with E-state index in [2.05, 4.69) is 0 Å². The average molecular weight is 245 g/mol. The molecule has 1 N–H and O–H groups in total. The molecule has 0 spiro atoms. The highest BCUT2D eigenvalue weighted by Gasteiger charge is 2.45. The SMILES string of the molecule is CCCOCC1(O)CN(C(=O)OC(C)(C)C)C1. The Kier molecular flexibility index (Phi) is 4.38. The largest absolute Gasteiger partial charge is 0.444 e. The molecule has 0 aromatic rings. The first-order valence-electron chi connectivity index (χ1n) is 6.04. The molecule has 5 heteroatoms.